The van der Waals surface area contributed by atoms with Gasteiger partial charge in [0.1, 0.15) is 17.2 Å². The molecular formula is C26H32F3N7O2. The van der Waals surface area contributed by atoms with Gasteiger partial charge < -0.3 is 26.4 Å². The maximum absolute atomic E-state index is 13.2. The van der Waals surface area contributed by atoms with Crippen molar-refractivity contribution in [2.45, 2.75) is 57.3 Å². The van der Waals surface area contributed by atoms with Gasteiger partial charge in [-0.05, 0) is 50.3 Å². The smallest absolute Gasteiger partial charge is 0.383 e. The number of allylic oxidation sites excluding steroid dienone is 1. The molecule has 0 aromatic heterocycles. The van der Waals surface area contributed by atoms with Crippen molar-refractivity contribution in [2.24, 2.45) is 26.6 Å². The van der Waals surface area contributed by atoms with E-state index >= 15 is 0 Å². The number of anilines is 1. The van der Waals surface area contributed by atoms with Gasteiger partial charge in [-0.25, -0.2) is 9.98 Å². The van der Waals surface area contributed by atoms with Crippen molar-refractivity contribution in [3.05, 3.63) is 53.6 Å². The number of rotatable bonds is 6. The Morgan fingerprint density at radius 3 is 2.79 bits per heavy atom. The van der Waals surface area contributed by atoms with Crippen LogP contribution in [-0.2, 0) is 4.74 Å². The molecule has 204 valence electrons. The minimum absolute atomic E-state index is 0.0900. The van der Waals surface area contributed by atoms with Crippen LogP contribution in [0.3, 0.4) is 0 Å². The monoisotopic (exact) mass is 531 g/mol. The number of guanidine groups is 1. The molecule has 1 aromatic carbocycles. The van der Waals surface area contributed by atoms with Crippen LogP contribution < -0.4 is 21.7 Å². The van der Waals surface area contributed by atoms with Crippen molar-refractivity contribution < 1.29 is 22.7 Å². The molecule has 3 atom stereocenters. The van der Waals surface area contributed by atoms with Gasteiger partial charge in [-0.3, -0.25) is 9.79 Å². The largest absolute Gasteiger partial charge is 0.391 e. The highest BCUT2D eigenvalue weighted by molar-refractivity contribution is 6.41. The second-order valence-corrected chi connectivity index (χ2v) is 9.59. The number of alkyl halides is 3. The van der Waals surface area contributed by atoms with Crippen molar-refractivity contribution in [3.8, 4) is 0 Å². The van der Waals surface area contributed by atoms with Crippen LogP contribution in [0.5, 0.6) is 0 Å². The number of carbonyl (C=O) groups excluding carboxylic acids is 1. The van der Waals surface area contributed by atoms with Crippen LogP contribution >= 0.6 is 0 Å². The molecule has 1 saturated heterocycles. The number of aryl methyl sites for hydroxylation is 1. The van der Waals surface area contributed by atoms with E-state index in [-0.39, 0.29) is 24.7 Å². The van der Waals surface area contributed by atoms with E-state index in [0.717, 1.165) is 12.0 Å². The van der Waals surface area contributed by atoms with Crippen LogP contribution in [0.4, 0.5) is 18.9 Å². The summed E-state index contributed by atoms with van der Waals surface area (Å²) in [5.74, 6) is -1.28. The number of aliphatic imine (C=N–C) groups is 3. The fourth-order valence-electron chi connectivity index (χ4n) is 4.66. The summed E-state index contributed by atoms with van der Waals surface area (Å²) in [5.41, 5.74) is 8.80. The number of ether oxygens (including phenoxy) is 1. The van der Waals surface area contributed by atoms with Crippen LogP contribution in [-0.4, -0.2) is 55.3 Å². The quantitative estimate of drug-likeness (QED) is 0.445. The summed E-state index contributed by atoms with van der Waals surface area (Å²) in [5, 5.41) is 9.09. The molecule has 2 aliphatic heterocycles. The maximum atomic E-state index is 13.2. The molecule has 38 heavy (non-hydrogen) atoms. The van der Waals surface area contributed by atoms with Crippen molar-refractivity contribution in [3.63, 3.8) is 0 Å². The molecule has 5 N–H and O–H groups in total. The average molecular weight is 532 g/mol. The van der Waals surface area contributed by atoms with Gasteiger partial charge >= 0.3 is 6.18 Å². The van der Waals surface area contributed by atoms with E-state index in [1.165, 1.54) is 12.4 Å². The highest BCUT2D eigenvalue weighted by Crippen LogP contribution is 2.37. The molecule has 1 amide bonds. The summed E-state index contributed by atoms with van der Waals surface area (Å²) in [7, 11) is 0. The lowest BCUT2D eigenvalue weighted by Gasteiger charge is -2.31. The second-order valence-electron chi connectivity index (χ2n) is 9.59. The normalized spacial score (nSPS) is 26.1. The Labute approximate surface area is 219 Å². The third-order valence-electron chi connectivity index (χ3n) is 6.76. The molecule has 1 aromatic rings. The third kappa shape index (κ3) is 6.80. The first-order valence-corrected chi connectivity index (χ1v) is 12.5. The topological polar surface area (TPSA) is 125 Å². The minimum atomic E-state index is -4.25. The van der Waals surface area contributed by atoms with E-state index in [1.54, 1.807) is 18.2 Å². The highest BCUT2D eigenvalue weighted by atomic mass is 19.4. The number of hydrogen-bond acceptors (Lipinski definition) is 8. The second kappa shape index (κ2) is 11.8. The van der Waals surface area contributed by atoms with Crippen molar-refractivity contribution >= 4 is 29.5 Å². The molecule has 2 fully saturated rings. The number of carbonyl (C=O) groups is 1. The number of nitrogens with two attached hydrogens (primary N) is 1. The van der Waals surface area contributed by atoms with Gasteiger partial charge in [0.25, 0.3) is 5.91 Å². The lowest BCUT2D eigenvalue weighted by atomic mass is 9.85. The summed E-state index contributed by atoms with van der Waals surface area (Å²) >= 11 is 0. The zero-order chi connectivity index (χ0) is 27.3. The molecule has 0 spiro atoms. The summed E-state index contributed by atoms with van der Waals surface area (Å²) in [4.78, 5) is 25.9. The predicted molar refractivity (Wildman–Crippen MR) is 141 cm³/mol. The van der Waals surface area contributed by atoms with Gasteiger partial charge in [0, 0.05) is 30.1 Å². The van der Waals surface area contributed by atoms with Gasteiger partial charge in [0.15, 0.2) is 0 Å². The molecule has 4 rings (SSSR count). The predicted octanol–water partition coefficient (Wildman–Crippen LogP) is 3.79. The Hall–Kier alpha value is -3.67. The van der Waals surface area contributed by atoms with Crippen LogP contribution in [0.1, 0.15) is 48.0 Å². The number of halogens is 3. The van der Waals surface area contributed by atoms with E-state index in [4.69, 9.17) is 10.5 Å². The van der Waals surface area contributed by atoms with Crippen LogP contribution in [0, 0.1) is 12.8 Å². The van der Waals surface area contributed by atoms with Crippen LogP contribution in [0.2, 0.25) is 0 Å². The molecule has 12 heteroatoms. The Morgan fingerprint density at radius 1 is 1.26 bits per heavy atom. The summed E-state index contributed by atoms with van der Waals surface area (Å²) in [6.07, 6.45) is 0.393. The van der Waals surface area contributed by atoms with E-state index in [9.17, 15) is 18.0 Å². The third-order valence-corrected chi connectivity index (χ3v) is 6.76. The number of hydrogen-bond donors (Lipinski definition) is 4. The number of benzene rings is 1. The van der Waals surface area contributed by atoms with E-state index in [2.05, 4.69) is 37.5 Å². The van der Waals surface area contributed by atoms with Crippen molar-refractivity contribution in [1.82, 2.24) is 10.6 Å². The van der Waals surface area contributed by atoms with Gasteiger partial charge in [-0.2, -0.15) is 13.2 Å². The standard InChI is InChI=1S/C26H32F3N7O2/c1-3-31-21-13-32-25(34-19-9-10-38-14-19)36-22(21)23(30)35-20-11-16(8-7-15(20)2)24(37)33-18-6-4-5-17(12-18)26(27,28)29/h3,7-8,11,13,17-19,35H,1,4-6,9-10,12,14,30H2,2H3,(H,33,37)(H,34,36)/b23-22-,31-21-. The van der Waals surface area contributed by atoms with E-state index < -0.39 is 24.0 Å². The first-order valence-electron chi connectivity index (χ1n) is 12.5. The Kier molecular flexibility index (Phi) is 8.50. The fraction of sp³-hybridized carbons (Fsp3) is 0.462. The first kappa shape index (κ1) is 27.4. The zero-order valence-electron chi connectivity index (χ0n) is 21.1. The number of nitrogens with zero attached hydrogens (tertiary/aromatic N) is 3. The fourth-order valence-corrected chi connectivity index (χ4v) is 4.66. The molecule has 0 radical (unpaired) electrons. The summed E-state index contributed by atoms with van der Waals surface area (Å²) in [6.45, 7) is 6.69. The number of nitrogens with one attached hydrogen (secondary N) is 3. The summed E-state index contributed by atoms with van der Waals surface area (Å²) < 4.78 is 44.9. The van der Waals surface area contributed by atoms with Crippen LogP contribution in [0.15, 0.2) is 57.5 Å². The molecule has 2 heterocycles. The number of amides is 1. The molecule has 1 saturated carbocycles. The SMILES string of the molecule is C=C/N=C1/C=NC(NC2CCOC2)=N/C1=C(/N)Nc1cc(C(=O)NC2CCCC(C(F)(F)F)C2)ccc1C. The van der Waals surface area contributed by atoms with Gasteiger partial charge in [0.2, 0.25) is 5.96 Å². The Bertz CT molecular complexity index is 1180. The molecule has 3 unspecified atom stereocenters. The molecule has 0 bridgehead atoms. The van der Waals surface area contributed by atoms with Gasteiger partial charge in [-0.1, -0.05) is 19.1 Å². The van der Waals surface area contributed by atoms with Crippen molar-refractivity contribution in [1.29, 1.82) is 0 Å². The maximum Gasteiger partial charge on any atom is 0.391 e. The zero-order valence-corrected chi connectivity index (χ0v) is 21.1. The molecule has 1 aliphatic carbocycles. The van der Waals surface area contributed by atoms with Gasteiger partial charge in [0.05, 0.1) is 24.8 Å². The van der Waals surface area contributed by atoms with Crippen molar-refractivity contribution in [2.75, 3.05) is 18.5 Å². The Balaban J connectivity index is 1.51. The molecule has 9 nitrogen and oxygen atoms in total. The van der Waals surface area contributed by atoms with Crippen LogP contribution in [0.25, 0.3) is 0 Å². The summed E-state index contributed by atoms with van der Waals surface area (Å²) in [6, 6.07) is 4.55. The van der Waals surface area contributed by atoms with Gasteiger partial charge in [-0.15, -0.1) is 0 Å². The average Bonchev–Trinajstić information content (AvgIpc) is 3.39. The first-order chi connectivity index (χ1) is 18.1. The van der Waals surface area contributed by atoms with E-state index in [0.29, 0.717) is 54.7 Å². The molecule has 3 aliphatic rings. The lowest BCUT2D eigenvalue weighted by Crippen LogP contribution is -2.41. The molecular weight excluding hydrogens is 499 g/mol. The lowest BCUT2D eigenvalue weighted by molar-refractivity contribution is -0.183. The minimum Gasteiger partial charge on any atom is -0.383 e. The van der Waals surface area contributed by atoms with E-state index in [1.807, 2.05) is 6.92 Å². The highest BCUT2D eigenvalue weighted by Gasteiger charge is 2.42. The Morgan fingerprint density at radius 2 is 2.08 bits per heavy atom.